The van der Waals surface area contributed by atoms with Gasteiger partial charge in [-0.05, 0) is 49.4 Å². The molecule has 2 aromatic carbocycles. The first-order valence-electron chi connectivity index (χ1n) is 10.5. The number of benzene rings is 2. The maximum atomic E-state index is 13.5. The molecule has 4 rings (SSSR count). The van der Waals surface area contributed by atoms with Crippen molar-refractivity contribution in [3.05, 3.63) is 87.8 Å². The van der Waals surface area contributed by atoms with E-state index in [1.165, 1.54) is 7.11 Å². The van der Waals surface area contributed by atoms with Crippen molar-refractivity contribution in [1.82, 2.24) is 5.32 Å². The second kappa shape index (κ2) is 8.42. The number of carbonyl (C=O) groups is 2. The Morgan fingerprint density at radius 3 is 2.19 bits per heavy atom. The Bertz CT molecular complexity index is 1080. The van der Waals surface area contributed by atoms with Crippen molar-refractivity contribution in [2.45, 2.75) is 38.5 Å². The molecule has 1 heterocycles. The first kappa shape index (κ1) is 20.9. The van der Waals surface area contributed by atoms with Crippen molar-refractivity contribution in [2.75, 3.05) is 14.2 Å². The van der Waals surface area contributed by atoms with E-state index < -0.39 is 11.9 Å². The van der Waals surface area contributed by atoms with E-state index in [1.807, 2.05) is 62.4 Å². The Labute approximate surface area is 182 Å². The fraction of sp³-hybridized carbons (Fsp3) is 0.308. The number of allylic oxidation sites excluding steroid dienone is 3. The maximum absolute atomic E-state index is 13.5. The fourth-order valence-electron chi connectivity index (χ4n) is 4.62. The molecule has 0 spiro atoms. The second-order valence-corrected chi connectivity index (χ2v) is 8.19. The molecule has 5 heteroatoms. The standard InChI is InChI=1S/C26H27NO4/c1-15-5-7-18(8-6-15)24-23(26(29)31-4)16(2)27-21-13-19(14-22(28)25(21)24)17-9-11-20(30-3)12-10-17/h5-12,19,24,27H,13-14H2,1-4H3/t19-,24-/m0/s1. The van der Waals surface area contributed by atoms with Gasteiger partial charge in [0.1, 0.15) is 5.75 Å². The number of ether oxygens (including phenoxy) is 2. The number of rotatable bonds is 4. The predicted octanol–water partition coefficient (Wildman–Crippen LogP) is 4.54. The summed E-state index contributed by atoms with van der Waals surface area (Å²) in [6, 6.07) is 15.9. The van der Waals surface area contributed by atoms with E-state index in [0.717, 1.165) is 33.8 Å². The van der Waals surface area contributed by atoms with Gasteiger partial charge in [0.25, 0.3) is 0 Å². The first-order valence-corrected chi connectivity index (χ1v) is 10.5. The van der Waals surface area contributed by atoms with Crippen LogP contribution in [0.15, 0.2) is 71.1 Å². The highest BCUT2D eigenvalue weighted by atomic mass is 16.5. The average molecular weight is 418 g/mol. The van der Waals surface area contributed by atoms with Crippen LogP contribution in [0.2, 0.25) is 0 Å². The van der Waals surface area contributed by atoms with Crippen molar-refractivity contribution in [3.63, 3.8) is 0 Å². The zero-order valence-electron chi connectivity index (χ0n) is 18.3. The Kier molecular flexibility index (Phi) is 5.68. The fourth-order valence-corrected chi connectivity index (χ4v) is 4.62. The van der Waals surface area contributed by atoms with Gasteiger partial charge in [0.15, 0.2) is 5.78 Å². The zero-order chi connectivity index (χ0) is 22.1. The van der Waals surface area contributed by atoms with Crippen molar-refractivity contribution < 1.29 is 19.1 Å². The smallest absolute Gasteiger partial charge is 0.336 e. The Hall–Kier alpha value is -3.34. The van der Waals surface area contributed by atoms with Crippen LogP contribution in [0.4, 0.5) is 0 Å². The third kappa shape index (κ3) is 3.88. The van der Waals surface area contributed by atoms with Gasteiger partial charge in [-0.15, -0.1) is 0 Å². The van der Waals surface area contributed by atoms with E-state index in [0.29, 0.717) is 24.0 Å². The number of dihydropyridines is 1. The molecular formula is C26H27NO4. The van der Waals surface area contributed by atoms with Gasteiger partial charge in [0.05, 0.1) is 19.8 Å². The van der Waals surface area contributed by atoms with Crippen LogP contribution in [0.1, 0.15) is 48.3 Å². The third-order valence-corrected chi connectivity index (χ3v) is 6.23. The van der Waals surface area contributed by atoms with Crippen LogP contribution in [-0.2, 0) is 14.3 Å². The highest BCUT2D eigenvalue weighted by molar-refractivity contribution is 6.04. The normalized spacial score (nSPS) is 20.8. The Morgan fingerprint density at radius 1 is 0.935 bits per heavy atom. The number of Topliss-reactive ketones (excluding diaryl/α,β-unsaturated/α-hetero) is 1. The number of methoxy groups -OCH3 is 2. The van der Waals surface area contributed by atoms with Crippen molar-refractivity contribution in [2.24, 2.45) is 0 Å². The molecule has 31 heavy (non-hydrogen) atoms. The van der Waals surface area contributed by atoms with Gasteiger partial charge in [-0.25, -0.2) is 4.79 Å². The summed E-state index contributed by atoms with van der Waals surface area (Å²) in [5.74, 6) is 0.105. The van der Waals surface area contributed by atoms with Gasteiger partial charge in [0, 0.05) is 29.3 Å². The lowest BCUT2D eigenvalue weighted by Gasteiger charge is -2.36. The predicted molar refractivity (Wildman–Crippen MR) is 119 cm³/mol. The first-order chi connectivity index (χ1) is 14.9. The minimum Gasteiger partial charge on any atom is -0.497 e. The monoisotopic (exact) mass is 417 g/mol. The van der Waals surface area contributed by atoms with E-state index in [-0.39, 0.29) is 11.7 Å². The van der Waals surface area contributed by atoms with Crippen molar-refractivity contribution >= 4 is 11.8 Å². The van der Waals surface area contributed by atoms with Gasteiger partial charge in [0.2, 0.25) is 0 Å². The molecule has 5 nitrogen and oxygen atoms in total. The summed E-state index contributed by atoms with van der Waals surface area (Å²) in [7, 11) is 3.02. The minimum atomic E-state index is -0.423. The van der Waals surface area contributed by atoms with Crippen LogP contribution < -0.4 is 10.1 Å². The quantitative estimate of drug-likeness (QED) is 0.740. The molecule has 1 aliphatic heterocycles. The van der Waals surface area contributed by atoms with Crippen molar-refractivity contribution in [3.8, 4) is 5.75 Å². The lowest BCUT2D eigenvalue weighted by atomic mass is 9.71. The van der Waals surface area contributed by atoms with Crippen LogP contribution in [0, 0.1) is 6.92 Å². The molecule has 0 aromatic heterocycles. The molecule has 0 radical (unpaired) electrons. The summed E-state index contributed by atoms with van der Waals surface area (Å²) in [6.45, 7) is 3.89. The molecule has 0 bridgehead atoms. The van der Waals surface area contributed by atoms with Gasteiger partial charge in [-0.3, -0.25) is 4.79 Å². The summed E-state index contributed by atoms with van der Waals surface area (Å²) in [5.41, 5.74) is 5.97. The molecule has 160 valence electrons. The highest BCUT2D eigenvalue weighted by Crippen LogP contribution is 2.45. The molecule has 2 aliphatic rings. The number of nitrogens with one attached hydrogen (secondary N) is 1. The summed E-state index contributed by atoms with van der Waals surface area (Å²) >= 11 is 0. The molecule has 2 aromatic rings. The summed E-state index contributed by atoms with van der Waals surface area (Å²) in [5, 5.41) is 3.36. The van der Waals surface area contributed by atoms with Crippen LogP contribution >= 0.6 is 0 Å². The molecule has 0 unspecified atom stereocenters. The van der Waals surface area contributed by atoms with Gasteiger partial charge >= 0.3 is 5.97 Å². The third-order valence-electron chi connectivity index (χ3n) is 6.23. The van der Waals surface area contributed by atoms with Crippen molar-refractivity contribution in [1.29, 1.82) is 0 Å². The zero-order valence-corrected chi connectivity index (χ0v) is 18.3. The number of aryl methyl sites for hydroxylation is 1. The van der Waals surface area contributed by atoms with E-state index in [4.69, 9.17) is 9.47 Å². The van der Waals surface area contributed by atoms with Crippen LogP contribution in [0.5, 0.6) is 5.75 Å². The van der Waals surface area contributed by atoms with E-state index in [9.17, 15) is 9.59 Å². The molecule has 0 saturated carbocycles. The van der Waals surface area contributed by atoms with E-state index >= 15 is 0 Å². The summed E-state index contributed by atoms with van der Waals surface area (Å²) in [6.07, 6.45) is 1.12. The molecule has 0 amide bonds. The van der Waals surface area contributed by atoms with Gasteiger partial charge in [-0.1, -0.05) is 42.0 Å². The maximum Gasteiger partial charge on any atom is 0.336 e. The number of hydrogen-bond donors (Lipinski definition) is 1. The number of esters is 1. The molecule has 2 atom stereocenters. The molecule has 1 N–H and O–H groups in total. The largest absolute Gasteiger partial charge is 0.497 e. The van der Waals surface area contributed by atoms with Gasteiger partial charge < -0.3 is 14.8 Å². The Balaban J connectivity index is 1.76. The van der Waals surface area contributed by atoms with E-state index in [1.54, 1.807) is 7.11 Å². The Morgan fingerprint density at radius 2 is 1.58 bits per heavy atom. The average Bonchev–Trinajstić information content (AvgIpc) is 2.78. The number of hydrogen-bond acceptors (Lipinski definition) is 5. The summed E-state index contributed by atoms with van der Waals surface area (Å²) in [4.78, 5) is 26.1. The van der Waals surface area contributed by atoms with Crippen LogP contribution in [0.3, 0.4) is 0 Å². The molecule has 0 saturated heterocycles. The van der Waals surface area contributed by atoms with Crippen LogP contribution in [-0.4, -0.2) is 26.0 Å². The van der Waals surface area contributed by atoms with Gasteiger partial charge in [-0.2, -0.15) is 0 Å². The minimum absolute atomic E-state index is 0.0639. The molecular weight excluding hydrogens is 390 g/mol. The SMILES string of the molecule is COC(=O)C1=C(C)NC2=C(C(=O)C[C@@H](c3ccc(OC)cc3)C2)[C@H]1c1ccc(C)cc1. The lowest BCUT2D eigenvalue weighted by Crippen LogP contribution is -2.36. The second-order valence-electron chi connectivity index (χ2n) is 8.19. The van der Waals surface area contributed by atoms with E-state index in [2.05, 4.69) is 5.32 Å². The lowest BCUT2D eigenvalue weighted by molar-refractivity contribution is -0.136. The van der Waals surface area contributed by atoms with Crippen LogP contribution in [0.25, 0.3) is 0 Å². The topological polar surface area (TPSA) is 64.6 Å². The number of carbonyl (C=O) groups excluding carboxylic acids is 2. The summed E-state index contributed by atoms with van der Waals surface area (Å²) < 4.78 is 10.3. The molecule has 0 fully saturated rings. The molecule has 1 aliphatic carbocycles. The number of ketones is 1. The highest BCUT2D eigenvalue weighted by Gasteiger charge is 2.41.